The number of nitrogens with zero attached hydrogens (tertiary/aromatic N) is 1. The molecule has 0 saturated carbocycles. The molecule has 0 atom stereocenters. The molecule has 2 aromatic heterocycles. The molecule has 0 fully saturated rings. The maximum absolute atomic E-state index is 12.1. The predicted octanol–water partition coefficient (Wildman–Crippen LogP) is 2.80. The Kier molecular flexibility index (Phi) is 3.21. The number of rotatable bonds is 3. The third-order valence-electron chi connectivity index (χ3n) is 3.35. The van der Waals surface area contributed by atoms with Crippen LogP contribution in [0.1, 0.15) is 21.6 Å². The minimum Gasteiger partial charge on any atom is -0.361 e. The van der Waals surface area contributed by atoms with Crippen molar-refractivity contribution in [3.63, 3.8) is 0 Å². The van der Waals surface area contributed by atoms with E-state index in [-0.39, 0.29) is 5.91 Å². The Balaban J connectivity index is 1.74. The van der Waals surface area contributed by atoms with Gasteiger partial charge >= 0.3 is 0 Å². The zero-order chi connectivity index (χ0) is 13.9. The Morgan fingerprint density at radius 3 is 3.05 bits per heavy atom. The van der Waals surface area contributed by atoms with Gasteiger partial charge in [0.2, 0.25) is 0 Å². The highest BCUT2D eigenvalue weighted by atomic mass is 16.1. The number of aromatic amines is 1. The molecule has 0 bridgehead atoms. The summed E-state index contributed by atoms with van der Waals surface area (Å²) >= 11 is 0. The van der Waals surface area contributed by atoms with Gasteiger partial charge in [0.25, 0.3) is 5.91 Å². The summed E-state index contributed by atoms with van der Waals surface area (Å²) in [6.45, 7) is 2.43. The lowest BCUT2D eigenvalue weighted by molar-refractivity contribution is 0.0950. The van der Waals surface area contributed by atoms with E-state index in [1.807, 2.05) is 49.5 Å². The van der Waals surface area contributed by atoms with Crippen molar-refractivity contribution in [1.82, 2.24) is 15.3 Å². The van der Waals surface area contributed by atoms with Crippen LogP contribution in [0.3, 0.4) is 0 Å². The van der Waals surface area contributed by atoms with Crippen molar-refractivity contribution < 1.29 is 4.79 Å². The molecule has 2 N–H and O–H groups in total. The van der Waals surface area contributed by atoms with Crippen LogP contribution in [-0.4, -0.2) is 15.9 Å². The number of pyridine rings is 1. The van der Waals surface area contributed by atoms with Gasteiger partial charge in [0, 0.05) is 28.9 Å². The first-order valence-corrected chi connectivity index (χ1v) is 6.50. The van der Waals surface area contributed by atoms with E-state index < -0.39 is 0 Å². The molecule has 3 aromatic rings. The number of nitrogens with one attached hydrogen (secondary N) is 2. The van der Waals surface area contributed by atoms with Gasteiger partial charge in [-0.05, 0) is 42.8 Å². The maximum Gasteiger partial charge on any atom is 0.251 e. The number of fused-ring (bicyclic) bond motifs is 1. The molecule has 4 heteroatoms. The Bertz CT molecular complexity index is 761. The van der Waals surface area contributed by atoms with Gasteiger partial charge < -0.3 is 10.3 Å². The zero-order valence-corrected chi connectivity index (χ0v) is 11.2. The fourth-order valence-electron chi connectivity index (χ4n) is 2.16. The summed E-state index contributed by atoms with van der Waals surface area (Å²) in [7, 11) is 0. The fourth-order valence-corrected chi connectivity index (χ4v) is 2.16. The number of amides is 1. The standard InChI is InChI=1S/C16H15N3O/c1-11-3-2-7-17-15(11)10-19-16(20)13-4-5-14-12(9-13)6-8-18-14/h2-9,18H,10H2,1H3,(H,19,20). The van der Waals surface area contributed by atoms with Gasteiger partial charge in [-0.2, -0.15) is 0 Å². The van der Waals surface area contributed by atoms with Gasteiger partial charge in [0.1, 0.15) is 0 Å². The second-order valence-electron chi connectivity index (χ2n) is 4.73. The highest BCUT2D eigenvalue weighted by Gasteiger charge is 2.07. The minimum absolute atomic E-state index is 0.0850. The molecular weight excluding hydrogens is 250 g/mol. The van der Waals surface area contributed by atoms with E-state index in [9.17, 15) is 4.79 Å². The van der Waals surface area contributed by atoms with Crippen LogP contribution < -0.4 is 5.32 Å². The van der Waals surface area contributed by atoms with Crippen molar-refractivity contribution in [2.45, 2.75) is 13.5 Å². The average Bonchev–Trinajstić information content (AvgIpc) is 2.93. The molecule has 1 amide bonds. The smallest absolute Gasteiger partial charge is 0.251 e. The summed E-state index contributed by atoms with van der Waals surface area (Å²) in [6, 6.07) is 11.4. The summed E-state index contributed by atoms with van der Waals surface area (Å²) in [5.41, 5.74) is 3.66. The van der Waals surface area contributed by atoms with Crippen molar-refractivity contribution in [3.8, 4) is 0 Å². The van der Waals surface area contributed by atoms with Gasteiger partial charge in [-0.3, -0.25) is 9.78 Å². The van der Waals surface area contributed by atoms with Crippen molar-refractivity contribution >= 4 is 16.8 Å². The van der Waals surface area contributed by atoms with Crippen LogP contribution in [0.25, 0.3) is 10.9 Å². The first kappa shape index (κ1) is 12.4. The third kappa shape index (κ3) is 2.40. The molecular formula is C16H15N3O. The molecule has 0 aliphatic carbocycles. The van der Waals surface area contributed by atoms with Crippen molar-refractivity contribution in [2.24, 2.45) is 0 Å². The molecule has 0 unspecified atom stereocenters. The average molecular weight is 265 g/mol. The number of H-pyrrole nitrogens is 1. The van der Waals surface area contributed by atoms with Crippen molar-refractivity contribution in [3.05, 3.63) is 65.6 Å². The highest BCUT2D eigenvalue weighted by Crippen LogP contribution is 2.14. The van der Waals surface area contributed by atoms with E-state index in [2.05, 4.69) is 15.3 Å². The minimum atomic E-state index is -0.0850. The lowest BCUT2D eigenvalue weighted by Crippen LogP contribution is -2.23. The summed E-state index contributed by atoms with van der Waals surface area (Å²) in [5, 5.41) is 3.94. The number of hydrogen-bond donors (Lipinski definition) is 2. The first-order valence-electron chi connectivity index (χ1n) is 6.50. The Morgan fingerprint density at radius 1 is 1.30 bits per heavy atom. The van der Waals surface area contributed by atoms with Crippen molar-refractivity contribution in [2.75, 3.05) is 0 Å². The van der Waals surface area contributed by atoms with Crippen LogP contribution in [0, 0.1) is 6.92 Å². The van der Waals surface area contributed by atoms with E-state index in [1.165, 1.54) is 0 Å². The molecule has 0 aliphatic rings. The van der Waals surface area contributed by atoms with Crippen molar-refractivity contribution in [1.29, 1.82) is 0 Å². The summed E-state index contributed by atoms with van der Waals surface area (Å²) in [4.78, 5) is 19.5. The summed E-state index contributed by atoms with van der Waals surface area (Å²) < 4.78 is 0. The molecule has 20 heavy (non-hydrogen) atoms. The highest BCUT2D eigenvalue weighted by molar-refractivity contribution is 5.98. The van der Waals surface area contributed by atoms with Gasteiger partial charge in [-0.1, -0.05) is 6.07 Å². The van der Waals surface area contributed by atoms with Crippen LogP contribution in [-0.2, 0) is 6.54 Å². The molecule has 1 aromatic carbocycles. The molecule has 4 nitrogen and oxygen atoms in total. The number of carbonyl (C=O) groups is 1. The van der Waals surface area contributed by atoms with Crippen LogP contribution in [0.2, 0.25) is 0 Å². The molecule has 2 heterocycles. The first-order chi connectivity index (χ1) is 9.74. The zero-order valence-electron chi connectivity index (χ0n) is 11.2. The number of aryl methyl sites for hydroxylation is 1. The second-order valence-corrected chi connectivity index (χ2v) is 4.73. The number of carbonyl (C=O) groups excluding carboxylic acids is 1. The van der Waals surface area contributed by atoms with E-state index in [0.717, 1.165) is 22.2 Å². The molecule has 100 valence electrons. The normalized spacial score (nSPS) is 10.7. The molecule has 0 aliphatic heterocycles. The monoisotopic (exact) mass is 265 g/mol. The largest absolute Gasteiger partial charge is 0.361 e. The Labute approximate surface area is 116 Å². The van der Waals surface area contributed by atoms with Gasteiger partial charge in [-0.15, -0.1) is 0 Å². The van der Waals surface area contributed by atoms with Gasteiger partial charge in [0.15, 0.2) is 0 Å². The van der Waals surface area contributed by atoms with Crippen LogP contribution in [0.5, 0.6) is 0 Å². The van der Waals surface area contributed by atoms with Crippen LogP contribution in [0.15, 0.2) is 48.8 Å². The summed E-state index contributed by atoms with van der Waals surface area (Å²) in [6.07, 6.45) is 3.60. The molecule has 0 spiro atoms. The molecule has 0 radical (unpaired) electrons. The molecule has 0 saturated heterocycles. The number of hydrogen-bond acceptors (Lipinski definition) is 2. The Hall–Kier alpha value is -2.62. The van der Waals surface area contributed by atoms with E-state index >= 15 is 0 Å². The Morgan fingerprint density at radius 2 is 2.20 bits per heavy atom. The predicted molar refractivity (Wildman–Crippen MR) is 78.4 cm³/mol. The van der Waals surface area contributed by atoms with Gasteiger partial charge in [-0.25, -0.2) is 0 Å². The number of benzene rings is 1. The van der Waals surface area contributed by atoms with Gasteiger partial charge in [0.05, 0.1) is 12.2 Å². The van der Waals surface area contributed by atoms with Crippen LogP contribution in [0.4, 0.5) is 0 Å². The second kappa shape index (κ2) is 5.17. The topological polar surface area (TPSA) is 57.8 Å². The summed E-state index contributed by atoms with van der Waals surface area (Å²) in [5.74, 6) is -0.0850. The maximum atomic E-state index is 12.1. The lowest BCUT2D eigenvalue weighted by Gasteiger charge is -2.07. The van der Waals surface area contributed by atoms with E-state index in [4.69, 9.17) is 0 Å². The van der Waals surface area contributed by atoms with Crippen LogP contribution >= 0.6 is 0 Å². The molecule has 3 rings (SSSR count). The van der Waals surface area contributed by atoms with E-state index in [0.29, 0.717) is 12.1 Å². The SMILES string of the molecule is Cc1cccnc1CNC(=O)c1ccc2[nH]ccc2c1. The van der Waals surface area contributed by atoms with E-state index in [1.54, 1.807) is 6.20 Å². The quantitative estimate of drug-likeness (QED) is 0.765. The lowest BCUT2D eigenvalue weighted by atomic mass is 10.1. The third-order valence-corrected chi connectivity index (χ3v) is 3.35. The fraction of sp³-hybridized carbons (Fsp3) is 0.125. The number of aromatic nitrogens is 2.